The molecule has 3 nitrogen and oxygen atoms in total. The van der Waals surface area contributed by atoms with E-state index >= 15 is 0 Å². The summed E-state index contributed by atoms with van der Waals surface area (Å²) in [5.41, 5.74) is 0. The Balaban J connectivity index is 2.99. The molecular weight excluding hydrogens is 325 g/mol. The largest absolute Gasteiger partial charge is 0.239 e. The molecule has 0 aromatic heterocycles. The lowest BCUT2D eigenvalue weighted by molar-refractivity contribution is 0.598. The molecular formula is C10H8INO2S. The highest BCUT2D eigenvalue weighted by Gasteiger charge is 2.15. The van der Waals surface area contributed by atoms with Crippen LogP contribution < -0.4 is 5.14 Å². The molecule has 0 unspecified atom stereocenters. The molecule has 0 fully saturated rings. The van der Waals surface area contributed by atoms with E-state index in [0.717, 1.165) is 5.39 Å². The molecule has 15 heavy (non-hydrogen) atoms. The molecule has 2 rings (SSSR count). The number of nitrogens with two attached hydrogens (primary N) is 1. The molecule has 0 aliphatic carbocycles. The van der Waals surface area contributed by atoms with Gasteiger partial charge in [0, 0.05) is 8.96 Å². The second kappa shape index (κ2) is 3.73. The normalized spacial score (nSPS) is 11.9. The molecule has 0 aliphatic heterocycles. The van der Waals surface area contributed by atoms with Gasteiger partial charge in [0.25, 0.3) is 0 Å². The first-order valence-electron chi connectivity index (χ1n) is 4.20. The molecule has 0 bridgehead atoms. The minimum absolute atomic E-state index is 0.209. The Morgan fingerprint density at radius 3 is 2.40 bits per heavy atom. The van der Waals surface area contributed by atoms with Crippen LogP contribution in [0.4, 0.5) is 0 Å². The predicted molar refractivity (Wildman–Crippen MR) is 68.0 cm³/mol. The van der Waals surface area contributed by atoms with Gasteiger partial charge in [-0.25, -0.2) is 13.6 Å². The van der Waals surface area contributed by atoms with Gasteiger partial charge in [-0.2, -0.15) is 0 Å². The van der Waals surface area contributed by atoms with Crippen LogP contribution in [0.2, 0.25) is 0 Å². The molecule has 2 N–H and O–H groups in total. The summed E-state index contributed by atoms with van der Waals surface area (Å²) >= 11 is 1.97. The van der Waals surface area contributed by atoms with Crippen LogP contribution >= 0.6 is 22.6 Å². The lowest BCUT2D eigenvalue weighted by Crippen LogP contribution is -2.14. The van der Waals surface area contributed by atoms with Crippen molar-refractivity contribution in [1.82, 2.24) is 0 Å². The first kappa shape index (κ1) is 10.8. The summed E-state index contributed by atoms with van der Waals surface area (Å²) in [5.74, 6) is 0. The molecule has 0 amide bonds. The highest BCUT2D eigenvalue weighted by molar-refractivity contribution is 14.1. The van der Waals surface area contributed by atoms with E-state index < -0.39 is 10.0 Å². The van der Waals surface area contributed by atoms with E-state index in [4.69, 9.17) is 5.14 Å². The number of halogens is 1. The van der Waals surface area contributed by atoms with Crippen LogP contribution in [-0.2, 0) is 10.0 Å². The number of hydrogen-bond donors (Lipinski definition) is 1. The number of rotatable bonds is 1. The fourth-order valence-corrected chi connectivity index (χ4v) is 3.73. The monoisotopic (exact) mass is 333 g/mol. The summed E-state index contributed by atoms with van der Waals surface area (Å²) in [4.78, 5) is 0.209. The summed E-state index contributed by atoms with van der Waals surface area (Å²) in [6.07, 6.45) is 0. The van der Waals surface area contributed by atoms with Gasteiger partial charge in [-0.3, -0.25) is 0 Å². The van der Waals surface area contributed by atoms with Gasteiger partial charge < -0.3 is 0 Å². The summed E-state index contributed by atoms with van der Waals surface area (Å²) in [7, 11) is -3.67. The Bertz CT molecular complexity index is 622. The third-order valence-corrected chi connectivity index (χ3v) is 4.39. The van der Waals surface area contributed by atoms with Crippen molar-refractivity contribution in [3.05, 3.63) is 40.0 Å². The summed E-state index contributed by atoms with van der Waals surface area (Å²) in [6, 6.07) is 10.9. The topological polar surface area (TPSA) is 60.2 Å². The van der Waals surface area contributed by atoms with Crippen LogP contribution in [0, 0.1) is 3.57 Å². The van der Waals surface area contributed by atoms with Crippen LogP contribution in [0.1, 0.15) is 0 Å². The highest BCUT2D eigenvalue weighted by Crippen LogP contribution is 2.26. The molecule has 5 heteroatoms. The van der Waals surface area contributed by atoms with Gasteiger partial charge in [0.2, 0.25) is 10.0 Å². The number of primary sulfonamides is 1. The molecule has 2 aromatic carbocycles. The third-order valence-electron chi connectivity index (χ3n) is 2.12. The van der Waals surface area contributed by atoms with E-state index in [1.165, 1.54) is 0 Å². The molecule has 0 saturated carbocycles. The lowest BCUT2D eigenvalue weighted by Gasteiger charge is -2.06. The summed E-state index contributed by atoms with van der Waals surface area (Å²) in [6.45, 7) is 0. The molecule has 0 radical (unpaired) electrons. The van der Waals surface area contributed by atoms with Crippen LogP contribution in [0.5, 0.6) is 0 Å². The van der Waals surface area contributed by atoms with E-state index in [0.29, 0.717) is 8.96 Å². The zero-order valence-corrected chi connectivity index (χ0v) is 10.6. The van der Waals surface area contributed by atoms with Gasteiger partial charge in [-0.05, 0) is 34.0 Å². The quantitative estimate of drug-likeness (QED) is 0.813. The number of fused-ring (bicyclic) bond motifs is 1. The lowest BCUT2D eigenvalue weighted by atomic mass is 10.1. The molecule has 2 aromatic rings. The number of hydrogen-bond acceptors (Lipinski definition) is 2. The minimum atomic E-state index is -3.67. The number of sulfonamides is 1. The van der Waals surface area contributed by atoms with Crippen LogP contribution in [0.15, 0.2) is 41.3 Å². The Morgan fingerprint density at radius 1 is 1.07 bits per heavy atom. The van der Waals surface area contributed by atoms with Gasteiger partial charge in [-0.15, -0.1) is 0 Å². The van der Waals surface area contributed by atoms with E-state index in [-0.39, 0.29) is 4.90 Å². The van der Waals surface area contributed by atoms with Gasteiger partial charge >= 0.3 is 0 Å². The Morgan fingerprint density at radius 2 is 1.73 bits per heavy atom. The minimum Gasteiger partial charge on any atom is -0.225 e. The first-order chi connectivity index (χ1) is 7.00. The van der Waals surface area contributed by atoms with Gasteiger partial charge in [0.05, 0.1) is 0 Å². The molecule has 0 aliphatic rings. The van der Waals surface area contributed by atoms with Crippen molar-refractivity contribution in [2.45, 2.75) is 4.90 Å². The Kier molecular flexibility index (Phi) is 2.70. The van der Waals surface area contributed by atoms with Crippen molar-refractivity contribution in [1.29, 1.82) is 0 Å². The van der Waals surface area contributed by atoms with Crippen molar-refractivity contribution in [2.75, 3.05) is 0 Å². The van der Waals surface area contributed by atoms with Crippen LogP contribution in [0.25, 0.3) is 10.8 Å². The molecule has 0 saturated heterocycles. The average molecular weight is 333 g/mol. The second-order valence-electron chi connectivity index (χ2n) is 3.14. The predicted octanol–water partition coefficient (Wildman–Crippen LogP) is 2.09. The summed E-state index contributed by atoms with van der Waals surface area (Å²) < 4.78 is 23.5. The zero-order chi connectivity index (χ0) is 11.1. The van der Waals surface area contributed by atoms with Crippen LogP contribution in [0.3, 0.4) is 0 Å². The van der Waals surface area contributed by atoms with E-state index in [1.807, 2.05) is 40.8 Å². The molecule has 0 atom stereocenters. The van der Waals surface area contributed by atoms with E-state index in [1.54, 1.807) is 18.2 Å². The summed E-state index contributed by atoms with van der Waals surface area (Å²) in [5, 5.41) is 6.74. The zero-order valence-electron chi connectivity index (χ0n) is 7.64. The van der Waals surface area contributed by atoms with Crippen molar-refractivity contribution in [3.63, 3.8) is 0 Å². The third kappa shape index (κ3) is 1.99. The van der Waals surface area contributed by atoms with E-state index in [9.17, 15) is 8.42 Å². The van der Waals surface area contributed by atoms with Gasteiger partial charge in [-0.1, -0.05) is 30.3 Å². The fraction of sp³-hybridized carbons (Fsp3) is 0. The first-order valence-corrected chi connectivity index (χ1v) is 6.83. The molecule has 0 heterocycles. The van der Waals surface area contributed by atoms with Crippen LogP contribution in [-0.4, -0.2) is 8.42 Å². The smallest absolute Gasteiger partial charge is 0.225 e. The van der Waals surface area contributed by atoms with Crippen molar-refractivity contribution < 1.29 is 8.42 Å². The Hall–Kier alpha value is -0.660. The second-order valence-corrected chi connectivity index (χ2v) is 5.80. The maximum Gasteiger partial charge on any atom is 0.239 e. The standard InChI is InChI=1S/C10H8INO2S/c11-9-6-5-7-3-1-2-4-8(7)10(9)15(12,13)14/h1-6H,(H2,12,13,14). The van der Waals surface area contributed by atoms with Crippen molar-refractivity contribution >= 4 is 43.4 Å². The SMILES string of the molecule is NS(=O)(=O)c1c(I)ccc2ccccc12. The van der Waals surface area contributed by atoms with E-state index in [2.05, 4.69) is 0 Å². The maximum atomic E-state index is 11.4. The van der Waals surface area contributed by atoms with Gasteiger partial charge in [0.15, 0.2) is 0 Å². The highest BCUT2D eigenvalue weighted by atomic mass is 127. The van der Waals surface area contributed by atoms with Crippen molar-refractivity contribution in [3.8, 4) is 0 Å². The Labute approximate surface area is 101 Å². The fourth-order valence-electron chi connectivity index (χ4n) is 1.51. The van der Waals surface area contributed by atoms with Gasteiger partial charge in [0.1, 0.15) is 4.90 Å². The van der Waals surface area contributed by atoms with Crippen molar-refractivity contribution in [2.24, 2.45) is 5.14 Å². The maximum absolute atomic E-state index is 11.4. The number of benzene rings is 2. The molecule has 78 valence electrons. The molecule has 0 spiro atoms. The average Bonchev–Trinajstić information content (AvgIpc) is 2.15.